The molecule has 0 unspecified atom stereocenters. The van der Waals surface area contributed by atoms with Crippen molar-refractivity contribution in [2.75, 3.05) is 37.7 Å². The molecule has 0 aliphatic carbocycles. The van der Waals surface area contributed by atoms with Gasteiger partial charge < -0.3 is 5.32 Å². The van der Waals surface area contributed by atoms with Gasteiger partial charge in [0.05, 0.1) is 16.9 Å². The molecular weight excluding hydrogens is 374 g/mol. The second-order valence-corrected chi connectivity index (χ2v) is 8.83. The van der Waals surface area contributed by atoms with Crippen LogP contribution in [0.1, 0.15) is 10.5 Å². The number of rotatable bonds is 4. The molecule has 1 aliphatic rings. The van der Waals surface area contributed by atoms with Gasteiger partial charge in [-0.25, -0.2) is 18.2 Å². The van der Waals surface area contributed by atoms with Crippen LogP contribution >= 0.6 is 0 Å². The summed E-state index contributed by atoms with van der Waals surface area (Å²) in [6.07, 6.45) is 0. The Labute approximate surface area is 155 Å². The van der Waals surface area contributed by atoms with E-state index in [1.165, 1.54) is 30.8 Å². The molecule has 0 spiro atoms. The number of sulfone groups is 1. The second kappa shape index (κ2) is 7.24. The Balaban J connectivity index is 1.69. The van der Waals surface area contributed by atoms with E-state index >= 15 is 0 Å². The maximum atomic E-state index is 12.3. The summed E-state index contributed by atoms with van der Waals surface area (Å²) in [7, 11) is -0.0544. The monoisotopic (exact) mass is 395 g/mol. The lowest BCUT2D eigenvalue weighted by atomic mass is 10.2. The van der Waals surface area contributed by atoms with Crippen LogP contribution in [0.3, 0.4) is 0 Å². The van der Waals surface area contributed by atoms with Crippen LogP contribution in [-0.2, 0) is 23.9 Å². The summed E-state index contributed by atoms with van der Waals surface area (Å²) in [5, 5.41) is 2.98. The fourth-order valence-electron chi connectivity index (χ4n) is 2.97. The van der Waals surface area contributed by atoms with Gasteiger partial charge in [0.15, 0.2) is 9.84 Å². The number of carbonyl (C=O) groups excluding carboxylic acids is 1. The number of amides is 1. The quantitative estimate of drug-likeness (QED) is 0.641. The van der Waals surface area contributed by atoms with E-state index in [9.17, 15) is 22.8 Å². The van der Waals surface area contributed by atoms with Gasteiger partial charge in [0, 0.05) is 40.3 Å². The summed E-state index contributed by atoms with van der Waals surface area (Å²) in [5.41, 5.74) is -0.728. The lowest BCUT2D eigenvalue weighted by Crippen LogP contribution is -2.44. The zero-order chi connectivity index (χ0) is 19.8. The average Bonchev–Trinajstić information content (AvgIpc) is 2.65. The summed E-state index contributed by atoms with van der Waals surface area (Å²) in [6.45, 7) is 1.79. The van der Waals surface area contributed by atoms with Crippen LogP contribution in [0.25, 0.3) is 11.0 Å². The first-order valence-electron chi connectivity index (χ1n) is 8.47. The minimum atomic E-state index is -2.93. The number of aromatic nitrogens is 3. The van der Waals surface area contributed by atoms with E-state index in [4.69, 9.17) is 0 Å². The Morgan fingerprint density at radius 3 is 2.48 bits per heavy atom. The van der Waals surface area contributed by atoms with Gasteiger partial charge in [-0.15, -0.1) is 0 Å². The predicted octanol–water partition coefficient (Wildman–Crippen LogP) is -1.91. The third kappa shape index (κ3) is 3.93. The van der Waals surface area contributed by atoms with Gasteiger partial charge in [0.2, 0.25) is 0 Å². The van der Waals surface area contributed by atoms with E-state index in [-0.39, 0.29) is 28.2 Å². The molecular formula is C16H21N5O5S. The Morgan fingerprint density at radius 1 is 1.15 bits per heavy atom. The number of nitrogens with one attached hydrogen (secondary N) is 1. The zero-order valence-electron chi connectivity index (χ0n) is 15.1. The molecule has 3 rings (SSSR count). The maximum absolute atomic E-state index is 12.3. The Kier molecular flexibility index (Phi) is 5.16. The normalized spacial score (nSPS) is 17.1. The first kappa shape index (κ1) is 19.2. The zero-order valence-corrected chi connectivity index (χ0v) is 16.0. The van der Waals surface area contributed by atoms with Crippen LogP contribution < -0.4 is 16.6 Å². The Bertz CT molecular complexity index is 1100. The molecule has 0 saturated carbocycles. The highest BCUT2D eigenvalue weighted by Gasteiger charge is 2.21. The summed E-state index contributed by atoms with van der Waals surface area (Å²) >= 11 is 0. The van der Waals surface area contributed by atoms with Crippen LogP contribution in [0, 0.1) is 0 Å². The van der Waals surface area contributed by atoms with E-state index in [1.54, 1.807) is 0 Å². The van der Waals surface area contributed by atoms with Gasteiger partial charge in [0.25, 0.3) is 11.5 Å². The number of carbonyl (C=O) groups is 1. The van der Waals surface area contributed by atoms with Crippen LogP contribution in [0.4, 0.5) is 0 Å². The molecule has 1 N–H and O–H groups in total. The Hall–Kier alpha value is -2.53. The number of fused-ring (bicyclic) bond motifs is 1. The Morgan fingerprint density at radius 2 is 1.81 bits per heavy atom. The molecule has 0 atom stereocenters. The summed E-state index contributed by atoms with van der Waals surface area (Å²) in [6, 6.07) is 2.92. The van der Waals surface area contributed by atoms with Gasteiger partial charge in [-0.2, -0.15) is 0 Å². The number of pyridine rings is 1. The van der Waals surface area contributed by atoms with E-state index in [0.29, 0.717) is 26.2 Å². The third-order valence-corrected chi connectivity index (χ3v) is 6.29. The molecule has 1 saturated heterocycles. The molecule has 0 bridgehead atoms. The lowest BCUT2D eigenvalue weighted by molar-refractivity contribution is 0.0944. The smallest absolute Gasteiger partial charge is 0.332 e. The average molecular weight is 395 g/mol. The first-order chi connectivity index (χ1) is 12.7. The minimum absolute atomic E-state index is 0.104. The minimum Gasteiger partial charge on any atom is -0.349 e. The maximum Gasteiger partial charge on any atom is 0.332 e. The van der Waals surface area contributed by atoms with E-state index in [1.807, 2.05) is 4.90 Å². The van der Waals surface area contributed by atoms with Crippen LogP contribution in [0.15, 0.2) is 21.7 Å². The topological polar surface area (TPSA) is 123 Å². The predicted molar refractivity (Wildman–Crippen MR) is 99.7 cm³/mol. The molecule has 2 aromatic heterocycles. The molecule has 1 aliphatic heterocycles. The van der Waals surface area contributed by atoms with Gasteiger partial charge in [-0.3, -0.25) is 23.6 Å². The number of hydrogen-bond acceptors (Lipinski definition) is 7. The summed E-state index contributed by atoms with van der Waals surface area (Å²) in [5.74, 6) is -0.151. The van der Waals surface area contributed by atoms with E-state index in [2.05, 4.69) is 10.3 Å². The lowest BCUT2D eigenvalue weighted by Gasteiger charge is -2.26. The van der Waals surface area contributed by atoms with Gasteiger partial charge in [-0.1, -0.05) is 0 Å². The van der Waals surface area contributed by atoms with Crippen molar-refractivity contribution in [3.63, 3.8) is 0 Å². The van der Waals surface area contributed by atoms with Crippen LogP contribution in [0.2, 0.25) is 0 Å². The molecule has 27 heavy (non-hydrogen) atoms. The van der Waals surface area contributed by atoms with Gasteiger partial charge >= 0.3 is 5.69 Å². The van der Waals surface area contributed by atoms with E-state index < -0.39 is 27.0 Å². The number of nitrogens with zero attached hydrogens (tertiary/aromatic N) is 4. The molecule has 10 nitrogen and oxygen atoms in total. The second-order valence-electron chi connectivity index (χ2n) is 6.52. The highest BCUT2D eigenvalue weighted by atomic mass is 32.2. The third-order valence-electron chi connectivity index (χ3n) is 4.69. The van der Waals surface area contributed by atoms with Crippen molar-refractivity contribution < 1.29 is 13.2 Å². The largest absolute Gasteiger partial charge is 0.349 e. The van der Waals surface area contributed by atoms with Crippen molar-refractivity contribution in [1.29, 1.82) is 0 Å². The molecule has 0 aromatic carbocycles. The number of aryl methyl sites for hydroxylation is 1. The van der Waals surface area contributed by atoms with Gasteiger partial charge in [-0.05, 0) is 12.1 Å². The van der Waals surface area contributed by atoms with Crippen molar-refractivity contribution >= 4 is 26.8 Å². The highest BCUT2D eigenvalue weighted by Crippen LogP contribution is 2.06. The summed E-state index contributed by atoms with van der Waals surface area (Å²) < 4.78 is 25.0. The molecule has 1 amide bonds. The molecule has 146 valence electrons. The van der Waals surface area contributed by atoms with Crippen LogP contribution in [-0.4, -0.2) is 71.0 Å². The van der Waals surface area contributed by atoms with Crippen molar-refractivity contribution in [2.45, 2.75) is 0 Å². The molecule has 0 radical (unpaired) electrons. The molecule has 3 heterocycles. The SMILES string of the molecule is Cn1c(=O)c2ccc(C(=O)NCCN3CCS(=O)(=O)CC3)nc2n(C)c1=O. The molecule has 2 aromatic rings. The summed E-state index contributed by atoms with van der Waals surface area (Å²) in [4.78, 5) is 42.6. The molecule has 11 heteroatoms. The van der Waals surface area contributed by atoms with Crippen LogP contribution in [0.5, 0.6) is 0 Å². The standard InChI is InChI=1S/C16H21N5O5S/c1-19-13-11(15(23)20(2)16(19)24)3-4-12(18-13)14(22)17-5-6-21-7-9-27(25,26)10-8-21/h3-4H,5-10H2,1-2H3,(H,17,22). The molecule has 1 fully saturated rings. The fraction of sp³-hybridized carbons (Fsp3) is 0.500. The van der Waals surface area contributed by atoms with Gasteiger partial charge in [0.1, 0.15) is 11.3 Å². The van der Waals surface area contributed by atoms with Crippen molar-refractivity contribution in [3.05, 3.63) is 38.7 Å². The fourth-order valence-corrected chi connectivity index (χ4v) is 4.25. The highest BCUT2D eigenvalue weighted by molar-refractivity contribution is 7.91. The van der Waals surface area contributed by atoms with Crippen molar-refractivity contribution in [3.8, 4) is 0 Å². The van der Waals surface area contributed by atoms with Crippen molar-refractivity contribution in [2.24, 2.45) is 14.1 Å². The first-order valence-corrected chi connectivity index (χ1v) is 10.3. The van der Waals surface area contributed by atoms with E-state index in [0.717, 1.165) is 4.57 Å². The number of hydrogen-bond donors (Lipinski definition) is 1. The van der Waals surface area contributed by atoms with Crippen molar-refractivity contribution in [1.82, 2.24) is 24.3 Å².